The van der Waals surface area contributed by atoms with Gasteiger partial charge in [0.1, 0.15) is 0 Å². The number of rotatable bonds is 2. The van der Waals surface area contributed by atoms with Crippen molar-refractivity contribution in [2.75, 3.05) is 14.1 Å². The molecule has 0 aromatic heterocycles. The Morgan fingerprint density at radius 3 is 1.50 bits per heavy atom. The fourth-order valence-corrected chi connectivity index (χ4v) is 0.254. The third-order valence-corrected chi connectivity index (χ3v) is 0.607. The number of carbonyl (C=O) groups is 1. The maximum Gasteiger partial charge on any atom is 0.154 e. The highest BCUT2D eigenvalue weighted by molar-refractivity contribution is 5.87. The average Bonchev–Trinajstić information content (AvgIpc) is 2.08. The lowest BCUT2D eigenvalue weighted by molar-refractivity contribution is -0.112. The molecule has 0 spiro atoms. The average molecular weight is 173 g/mol. The minimum absolute atomic E-state index is 0.0821. The quantitative estimate of drug-likeness (QED) is 0.598. The normalized spacial score (nSPS) is 7.58. The van der Waals surface area contributed by atoms with Gasteiger partial charge in [0.15, 0.2) is 5.78 Å². The molecule has 0 aromatic rings. The molecule has 0 aliphatic rings. The molecule has 12 heavy (non-hydrogen) atoms. The van der Waals surface area contributed by atoms with Crippen LogP contribution < -0.4 is 0 Å². The SMILES string of the molecule is CC.CC.CC(=O)/C=C\N(C)C. The standard InChI is InChI=1S/C6H11NO.2C2H6/c1-6(8)4-5-7(2)3;2*1-2/h4-5H,1-3H3;2*1-2H3/b5-4-;;. The maximum atomic E-state index is 10.2. The van der Waals surface area contributed by atoms with Crippen molar-refractivity contribution >= 4 is 5.78 Å². The van der Waals surface area contributed by atoms with Gasteiger partial charge in [-0.3, -0.25) is 4.79 Å². The van der Waals surface area contributed by atoms with Crippen LogP contribution in [0.5, 0.6) is 0 Å². The molecule has 0 amide bonds. The van der Waals surface area contributed by atoms with Crippen molar-refractivity contribution in [2.24, 2.45) is 0 Å². The molecule has 0 N–H and O–H groups in total. The van der Waals surface area contributed by atoms with Crippen molar-refractivity contribution in [3.63, 3.8) is 0 Å². The van der Waals surface area contributed by atoms with Crippen LogP contribution in [-0.2, 0) is 4.79 Å². The number of ketones is 1. The van der Waals surface area contributed by atoms with E-state index in [1.165, 1.54) is 13.0 Å². The monoisotopic (exact) mass is 173 g/mol. The van der Waals surface area contributed by atoms with Gasteiger partial charge in [-0.25, -0.2) is 0 Å². The van der Waals surface area contributed by atoms with E-state index in [0.29, 0.717) is 0 Å². The Morgan fingerprint density at radius 1 is 1.08 bits per heavy atom. The highest BCUT2D eigenvalue weighted by Crippen LogP contribution is 1.77. The molecule has 0 unspecified atom stereocenters. The van der Waals surface area contributed by atoms with Gasteiger partial charge in [-0.05, 0) is 13.0 Å². The first-order chi connectivity index (χ1) is 5.63. The molecular weight excluding hydrogens is 150 g/mol. The molecule has 2 nitrogen and oxygen atoms in total. The molecule has 0 heterocycles. The van der Waals surface area contributed by atoms with Crippen LogP contribution in [-0.4, -0.2) is 24.8 Å². The lowest BCUT2D eigenvalue weighted by atomic mass is 10.4. The minimum Gasteiger partial charge on any atom is -0.383 e. The van der Waals surface area contributed by atoms with Crippen LogP contribution in [0.3, 0.4) is 0 Å². The van der Waals surface area contributed by atoms with Crippen molar-refractivity contribution in [3.8, 4) is 0 Å². The van der Waals surface area contributed by atoms with Gasteiger partial charge in [0.05, 0.1) is 0 Å². The molecule has 2 heteroatoms. The summed E-state index contributed by atoms with van der Waals surface area (Å²) in [7, 11) is 3.75. The second-order valence-electron chi connectivity index (χ2n) is 1.89. The molecule has 0 fully saturated rings. The van der Waals surface area contributed by atoms with Gasteiger partial charge >= 0.3 is 0 Å². The van der Waals surface area contributed by atoms with E-state index in [1.54, 1.807) is 6.20 Å². The zero-order valence-corrected chi connectivity index (χ0v) is 9.51. The molecule has 0 saturated carbocycles. The zero-order chi connectivity index (χ0) is 10.6. The lowest BCUT2D eigenvalue weighted by Crippen LogP contribution is -2.01. The number of hydrogen-bond donors (Lipinski definition) is 0. The molecule has 0 atom stereocenters. The maximum absolute atomic E-state index is 10.2. The highest BCUT2D eigenvalue weighted by Gasteiger charge is 1.79. The van der Waals surface area contributed by atoms with Crippen molar-refractivity contribution in [3.05, 3.63) is 12.3 Å². The topological polar surface area (TPSA) is 20.3 Å². The summed E-state index contributed by atoms with van der Waals surface area (Å²) in [5.74, 6) is 0.0821. The van der Waals surface area contributed by atoms with Crippen molar-refractivity contribution in [2.45, 2.75) is 34.6 Å². The second kappa shape index (κ2) is 16.7. The van der Waals surface area contributed by atoms with E-state index < -0.39 is 0 Å². The van der Waals surface area contributed by atoms with Gasteiger partial charge in [-0.15, -0.1) is 0 Å². The summed E-state index contributed by atoms with van der Waals surface area (Å²) in [5.41, 5.74) is 0. The molecule has 0 aliphatic carbocycles. The van der Waals surface area contributed by atoms with Crippen LogP contribution in [0, 0.1) is 0 Å². The lowest BCUT2D eigenvalue weighted by Gasteiger charge is -2.00. The van der Waals surface area contributed by atoms with Crippen LogP contribution in [0.2, 0.25) is 0 Å². The number of nitrogens with zero attached hydrogens (tertiary/aromatic N) is 1. The second-order valence-corrected chi connectivity index (χ2v) is 1.89. The molecule has 74 valence electrons. The summed E-state index contributed by atoms with van der Waals surface area (Å²) in [5, 5.41) is 0. The summed E-state index contributed by atoms with van der Waals surface area (Å²) in [6.07, 6.45) is 3.25. The first-order valence-electron chi connectivity index (χ1n) is 4.48. The number of hydrogen-bond acceptors (Lipinski definition) is 2. The van der Waals surface area contributed by atoms with Gasteiger partial charge in [0, 0.05) is 20.3 Å². The fourth-order valence-electron chi connectivity index (χ4n) is 0.254. The molecule has 0 rings (SSSR count). The Balaban J connectivity index is -0.000000175. The van der Waals surface area contributed by atoms with Gasteiger partial charge in [0.25, 0.3) is 0 Å². The Kier molecular flexibility index (Phi) is 24.1. The van der Waals surface area contributed by atoms with E-state index in [2.05, 4.69) is 0 Å². The Bertz CT molecular complexity index is 106. The number of carbonyl (C=O) groups excluding carboxylic acids is 1. The summed E-state index contributed by atoms with van der Waals surface area (Å²) in [4.78, 5) is 12.1. The Morgan fingerprint density at radius 2 is 1.42 bits per heavy atom. The van der Waals surface area contributed by atoms with Gasteiger partial charge in [-0.1, -0.05) is 27.7 Å². The van der Waals surface area contributed by atoms with E-state index >= 15 is 0 Å². The van der Waals surface area contributed by atoms with Gasteiger partial charge in [-0.2, -0.15) is 0 Å². The molecule has 0 radical (unpaired) electrons. The molecule has 0 aliphatic heterocycles. The van der Waals surface area contributed by atoms with Crippen molar-refractivity contribution in [1.82, 2.24) is 4.90 Å². The Labute approximate surface area is 77.3 Å². The molecular formula is C10H23NO. The summed E-state index contributed by atoms with van der Waals surface area (Å²) < 4.78 is 0. The van der Waals surface area contributed by atoms with E-state index in [4.69, 9.17) is 0 Å². The van der Waals surface area contributed by atoms with Crippen LogP contribution in [0.25, 0.3) is 0 Å². The van der Waals surface area contributed by atoms with E-state index in [9.17, 15) is 4.79 Å². The minimum atomic E-state index is 0.0821. The molecule has 0 aromatic carbocycles. The third kappa shape index (κ3) is 35.0. The van der Waals surface area contributed by atoms with Crippen LogP contribution in [0.4, 0.5) is 0 Å². The fraction of sp³-hybridized carbons (Fsp3) is 0.700. The summed E-state index contributed by atoms with van der Waals surface area (Å²) in [6.45, 7) is 9.53. The summed E-state index contributed by atoms with van der Waals surface area (Å²) in [6, 6.07) is 0. The third-order valence-electron chi connectivity index (χ3n) is 0.607. The summed E-state index contributed by atoms with van der Waals surface area (Å²) >= 11 is 0. The van der Waals surface area contributed by atoms with E-state index in [1.807, 2.05) is 46.7 Å². The molecule has 0 saturated heterocycles. The predicted molar refractivity (Wildman–Crippen MR) is 56.2 cm³/mol. The first kappa shape index (κ1) is 17.3. The van der Waals surface area contributed by atoms with E-state index in [-0.39, 0.29) is 5.78 Å². The predicted octanol–water partition coefficient (Wildman–Crippen LogP) is 2.70. The van der Waals surface area contributed by atoms with Crippen LogP contribution in [0.1, 0.15) is 34.6 Å². The van der Waals surface area contributed by atoms with Crippen LogP contribution >= 0.6 is 0 Å². The van der Waals surface area contributed by atoms with Gasteiger partial charge < -0.3 is 4.90 Å². The highest BCUT2D eigenvalue weighted by atomic mass is 16.1. The number of allylic oxidation sites excluding steroid dienone is 1. The smallest absolute Gasteiger partial charge is 0.154 e. The largest absolute Gasteiger partial charge is 0.383 e. The van der Waals surface area contributed by atoms with Gasteiger partial charge in [0.2, 0.25) is 0 Å². The van der Waals surface area contributed by atoms with E-state index in [0.717, 1.165) is 0 Å². The first-order valence-corrected chi connectivity index (χ1v) is 4.48. The molecule has 0 bridgehead atoms. The van der Waals surface area contributed by atoms with Crippen LogP contribution in [0.15, 0.2) is 12.3 Å². The van der Waals surface area contributed by atoms with Crippen molar-refractivity contribution < 1.29 is 4.79 Å². The van der Waals surface area contributed by atoms with Crippen molar-refractivity contribution in [1.29, 1.82) is 0 Å². The zero-order valence-electron chi connectivity index (χ0n) is 9.51. The Hall–Kier alpha value is -0.790.